The summed E-state index contributed by atoms with van der Waals surface area (Å²) in [6.45, 7) is 2.90. The lowest BCUT2D eigenvalue weighted by atomic mass is 9.81. The van der Waals surface area contributed by atoms with Crippen molar-refractivity contribution in [3.05, 3.63) is 0 Å². The number of rotatable bonds is 3. The highest BCUT2D eigenvalue weighted by Gasteiger charge is 2.30. The first-order valence-corrected chi connectivity index (χ1v) is 6.41. The zero-order valence-corrected chi connectivity index (χ0v) is 9.80. The Morgan fingerprint density at radius 2 is 2.07 bits per heavy atom. The molecule has 15 heavy (non-hydrogen) atoms. The van der Waals surface area contributed by atoms with Gasteiger partial charge in [-0.15, -0.1) is 0 Å². The maximum Gasteiger partial charge on any atom is 0.0855 e. The van der Waals surface area contributed by atoms with E-state index in [1.165, 1.54) is 32.1 Å². The summed E-state index contributed by atoms with van der Waals surface area (Å²) in [5, 5.41) is 6.90. The molecule has 2 unspecified atom stereocenters. The fraction of sp³-hybridized carbons (Fsp3) is 1.00. The molecule has 0 amide bonds. The van der Waals surface area contributed by atoms with Gasteiger partial charge in [0, 0.05) is 19.1 Å². The van der Waals surface area contributed by atoms with Gasteiger partial charge >= 0.3 is 0 Å². The molecule has 1 saturated heterocycles. The van der Waals surface area contributed by atoms with Gasteiger partial charge in [-0.05, 0) is 25.8 Å². The van der Waals surface area contributed by atoms with Crippen LogP contribution >= 0.6 is 0 Å². The number of hydrogen-bond donors (Lipinski definition) is 2. The minimum atomic E-state index is 0.381. The monoisotopic (exact) mass is 212 g/mol. The summed E-state index contributed by atoms with van der Waals surface area (Å²) in [6, 6.07) is 0.554. The van der Waals surface area contributed by atoms with Gasteiger partial charge in [-0.3, -0.25) is 0 Å². The summed E-state index contributed by atoms with van der Waals surface area (Å²) in [5.74, 6) is 0.827. The molecule has 1 saturated carbocycles. The molecular formula is C12H24N2O. The zero-order valence-electron chi connectivity index (χ0n) is 9.80. The van der Waals surface area contributed by atoms with E-state index in [1.807, 2.05) is 0 Å². The maximum absolute atomic E-state index is 5.86. The number of ether oxygens (including phenoxy) is 1. The SMILES string of the molecule is CNC(C1CCCCC1)C1CNCCO1. The van der Waals surface area contributed by atoms with Crippen molar-refractivity contribution in [1.82, 2.24) is 10.6 Å². The molecule has 0 radical (unpaired) electrons. The number of likely N-dealkylation sites (N-methyl/N-ethyl adjacent to an activating group) is 1. The second-order valence-corrected chi connectivity index (χ2v) is 4.83. The van der Waals surface area contributed by atoms with Crippen molar-refractivity contribution >= 4 is 0 Å². The number of morpholine rings is 1. The van der Waals surface area contributed by atoms with Crippen LogP contribution in [0.3, 0.4) is 0 Å². The molecule has 88 valence electrons. The van der Waals surface area contributed by atoms with Gasteiger partial charge < -0.3 is 15.4 Å². The second-order valence-electron chi connectivity index (χ2n) is 4.83. The smallest absolute Gasteiger partial charge is 0.0855 e. The first kappa shape index (κ1) is 11.4. The van der Waals surface area contributed by atoms with E-state index in [2.05, 4.69) is 17.7 Å². The predicted octanol–water partition coefficient (Wildman–Crippen LogP) is 1.14. The molecule has 1 aliphatic carbocycles. The summed E-state index contributed by atoms with van der Waals surface area (Å²) in [7, 11) is 2.08. The van der Waals surface area contributed by atoms with E-state index in [-0.39, 0.29) is 0 Å². The molecule has 0 bridgehead atoms. The van der Waals surface area contributed by atoms with Crippen LogP contribution < -0.4 is 10.6 Å². The van der Waals surface area contributed by atoms with Crippen LogP contribution in [0.2, 0.25) is 0 Å². The Balaban J connectivity index is 1.88. The molecule has 0 aromatic heterocycles. The molecule has 2 atom stereocenters. The highest BCUT2D eigenvalue weighted by Crippen LogP contribution is 2.28. The molecule has 2 aliphatic rings. The highest BCUT2D eigenvalue weighted by molar-refractivity contribution is 4.87. The van der Waals surface area contributed by atoms with Gasteiger partial charge in [-0.1, -0.05) is 19.3 Å². The first-order valence-electron chi connectivity index (χ1n) is 6.41. The second kappa shape index (κ2) is 5.83. The normalized spacial score (nSPS) is 31.4. The molecule has 0 aromatic rings. The van der Waals surface area contributed by atoms with Gasteiger partial charge in [0.2, 0.25) is 0 Å². The van der Waals surface area contributed by atoms with E-state index in [0.29, 0.717) is 12.1 Å². The molecule has 1 heterocycles. The van der Waals surface area contributed by atoms with Crippen LogP contribution in [0.5, 0.6) is 0 Å². The van der Waals surface area contributed by atoms with Crippen molar-refractivity contribution in [2.45, 2.75) is 44.2 Å². The largest absolute Gasteiger partial charge is 0.374 e. The summed E-state index contributed by atoms with van der Waals surface area (Å²) in [6.07, 6.45) is 7.38. The molecule has 3 nitrogen and oxygen atoms in total. The Bertz CT molecular complexity index is 156. The lowest BCUT2D eigenvalue weighted by Gasteiger charge is -2.37. The molecule has 0 spiro atoms. The van der Waals surface area contributed by atoms with E-state index < -0.39 is 0 Å². The van der Waals surface area contributed by atoms with Crippen LogP contribution in [0.1, 0.15) is 32.1 Å². The van der Waals surface area contributed by atoms with Gasteiger partial charge in [0.15, 0.2) is 0 Å². The third-order valence-corrected chi connectivity index (χ3v) is 3.85. The average molecular weight is 212 g/mol. The van der Waals surface area contributed by atoms with Crippen LogP contribution in [0.25, 0.3) is 0 Å². The van der Waals surface area contributed by atoms with Crippen molar-refractivity contribution in [3.8, 4) is 0 Å². The van der Waals surface area contributed by atoms with Crippen LogP contribution in [0, 0.1) is 5.92 Å². The minimum Gasteiger partial charge on any atom is -0.374 e. The number of hydrogen-bond acceptors (Lipinski definition) is 3. The predicted molar refractivity (Wildman–Crippen MR) is 62.0 cm³/mol. The Hall–Kier alpha value is -0.120. The molecule has 0 aromatic carbocycles. The van der Waals surface area contributed by atoms with Crippen molar-refractivity contribution in [1.29, 1.82) is 0 Å². The summed E-state index contributed by atoms with van der Waals surface area (Å²) in [5.41, 5.74) is 0. The van der Waals surface area contributed by atoms with Gasteiger partial charge in [-0.2, -0.15) is 0 Å². The quantitative estimate of drug-likeness (QED) is 0.736. The van der Waals surface area contributed by atoms with Crippen LogP contribution in [0.4, 0.5) is 0 Å². The van der Waals surface area contributed by atoms with E-state index in [4.69, 9.17) is 4.74 Å². The van der Waals surface area contributed by atoms with Gasteiger partial charge in [0.1, 0.15) is 0 Å². The molecular weight excluding hydrogens is 188 g/mol. The number of nitrogens with one attached hydrogen (secondary N) is 2. The molecule has 2 rings (SSSR count). The fourth-order valence-corrected chi connectivity index (χ4v) is 3.03. The summed E-state index contributed by atoms with van der Waals surface area (Å²) < 4.78 is 5.86. The molecule has 2 N–H and O–H groups in total. The van der Waals surface area contributed by atoms with Crippen LogP contribution in [-0.2, 0) is 4.74 Å². The van der Waals surface area contributed by atoms with Crippen molar-refractivity contribution in [3.63, 3.8) is 0 Å². The zero-order chi connectivity index (χ0) is 10.5. The fourth-order valence-electron chi connectivity index (χ4n) is 3.03. The third kappa shape index (κ3) is 2.92. The van der Waals surface area contributed by atoms with E-state index in [0.717, 1.165) is 25.6 Å². The minimum absolute atomic E-state index is 0.381. The van der Waals surface area contributed by atoms with E-state index in [9.17, 15) is 0 Å². The lowest BCUT2D eigenvalue weighted by molar-refractivity contribution is -0.0123. The summed E-state index contributed by atoms with van der Waals surface area (Å²) >= 11 is 0. The van der Waals surface area contributed by atoms with Crippen molar-refractivity contribution in [2.24, 2.45) is 5.92 Å². The summed E-state index contributed by atoms with van der Waals surface area (Å²) in [4.78, 5) is 0. The van der Waals surface area contributed by atoms with Gasteiger partial charge in [0.25, 0.3) is 0 Å². The Kier molecular flexibility index (Phi) is 4.42. The lowest BCUT2D eigenvalue weighted by Crippen LogP contribution is -2.53. The maximum atomic E-state index is 5.86. The average Bonchev–Trinajstić information content (AvgIpc) is 2.33. The van der Waals surface area contributed by atoms with Gasteiger partial charge in [0.05, 0.1) is 12.7 Å². The third-order valence-electron chi connectivity index (χ3n) is 3.85. The van der Waals surface area contributed by atoms with Crippen LogP contribution in [0.15, 0.2) is 0 Å². The Morgan fingerprint density at radius 3 is 2.67 bits per heavy atom. The van der Waals surface area contributed by atoms with Gasteiger partial charge in [-0.25, -0.2) is 0 Å². The topological polar surface area (TPSA) is 33.3 Å². The van der Waals surface area contributed by atoms with Crippen molar-refractivity contribution < 1.29 is 4.74 Å². The van der Waals surface area contributed by atoms with E-state index >= 15 is 0 Å². The van der Waals surface area contributed by atoms with Crippen LogP contribution in [-0.4, -0.2) is 38.9 Å². The molecule has 1 aliphatic heterocycles. The molecule has 2 fully saturated rings. The van der Waals surface area contributed by atoms with E-state index in [1.54, 1.807) is 0 Å². The Labute approximate surface area is 93.0 Å². The first-order chi connectivity index (χ1) is 7.42. The van der Waals surface area contributed by atoms with Crippen molar-refractivity contribution in [2.75, 3.05) is 26.7 Å². The molecule has 3 heteroatoms. The highest BCUT2D eigenvalue weighted by atomic mass is 16.5. The Morgan fingerprint density at radius 1 is 1.27 bits per heavy atom. The standard InChI is InChI=1S/C12H24N2O/c1-13-12(10-5-3-2-4-6-10)11-9-14-7-8-15-11/h10-14H,2-9H2,1H3.